The van der Waals surface area contributed by atoms with Crippen LogP contribution in [0.2, 0.25) is 10.4 Å². The maximum absolute atomic E-state index is 12.6. The van der Waals surface area contributed by atoms with E-state index in [1.165, 1.54) is 7.11 Å². The van der Waals surface area contributed by atoms with Gasteiger partial charge < -0.3 is 9.47 Å². The van der Waals surface area contributed by atoms with Gasteiger partial charge in [-0.25, -0.2) is 0 Å². The van der Waals surface area contributed by atoms with Crippen LogP contribution >= 0.6 is 0 Å². The van der Waals surface area contributed by atoms with Crippen LogP contribution in [-0.4, -0.2) is 74.3 Å². The van der Waals surface area contributed by atoms with Crippen LogP contribution in [0.1, 0.15) is 11.1 Å². The van der Waals surface area contributed by atoms with E-state index in [2.05, 4.69) is 0 Å². The van der Waals surface area contributed by atoms with Crippen molar-refractivity contribution in [2.24, 2.45) is 0 Å². The molecule has 0 saturated heterocycles. The van der Waals surface area contributed by atoms with Crippen LogP contribution in [0.25, 0.3) is 11.6 Å². The van der Waals surface area contributed by atoms with Gasteiger partial charge in [-0.3, -0.25) is 0 Å². The second kappa shape index (κ2) is 15.8. The Kier molecular flexibility index (Phi) is 12.2. The second-order valence-electron chi connectivity index (χ2n) is 8.33. The van der Waals surface area contributed by atoms with E-state index < -0.39 is 12.1 Å². The van der Waals surface area contributed by atoms with E-state index in [0.29, 0.717) is 39.2 Å². The quantitative estimate of drug-likeness (QED) is 0.0883. The second-order valence-corrected chi connectivity index (χ2v) is 10.8. The van der Waals surface area contributed by atoms with E-state index in [0.717, 1.165) is 11.0 Å². The summed E-state index contributed by atoms with van der Waals surface area (Å²) in [4.78, 5) is 12.6. The molecule has 8 nitrogen and oxygen atoms in total. The minimum absolute atomic E-state index is 0.162. The van der Waals surface area contributed by atoms with E-state index in [-0.39, 0.29) is 28.6 Å². The molecule has 0 aliphatic carbocycles. The average Bonchev–Trinajstić information content (AvgIpc) is 2.98. The molecule has 0 saturated carbocycles. The van der Waals surface area contributed by atoms with E-state index in [1.807, 2.05) is 36.4 Å². The normalized spacial score (nSPS) is 13.1. The summed E-state index contributed by atoms with van der Waals surface area (Å²) < 4.78 is 32.7. The molecule has 0 heterocycles. The molecular weight excluding hydrogens is 563 g/mol. The number of rotatable bonds is 15. The Hall–Kier alpha value is -3.45. The molecule has 2 atom stereocenters. The molecular formula is C30H34AsO8. The van der Waals surface area contributed by atoms with Crippen molar-refractivity contribution >= 4 is 33.4 Å². The Morgan fingerprint density at radius 2 is 1.59 bits per heavy atom. The number of ether oxygens (including phenoxy) is 6. The van der Waals surface area contributed by atoms with Gasteiger partial charge in [0.25, 0.3) is 0 Å². The predicted molar refractivity (Wildman–Crippen MR) is 151 cm³/mol. The van der Waals surface area contributed by atoms with Crippen molar-refractivity contribution in [2.45, 2.75) is 22.8 Å². The molecule has 9 heteroatoms. The molecule has 0 aliphatic rings. The molecule has 0 amide bonds. The van der Waals surface area contributed by atoms with Gasteiger partial charge in [-0.2, -0.15) is 0 Å². The summed E-state index contributed by atoms with van der Waals surface area (Å²) >= 11 is -0.200. The molecule has 0 spiro atoms. The number of methoxy groups -OCH3 is 4. The molecule has 0 bridgehead atoms. The van der Waals surface area contributed by atoms with Crippen molar-refractivity contribution in [3.8, 4) is 23.0 Å². The van der Waals surface area contributed by atoms with Crippen LogP contribution < -0.4 is 18.9 Å². The Bertz CT molecular complexity index is 1200. The molecule has 3 aromatic rings. The molecule has 207 valence electrons. The van der Waals surface area contributed by atoms with Crippen molar-refractivity contribution < 1.29 is 38.3 Å². The topological polar surface area (TPSA) is 92.7 Å². The number of benzene rings is 3. The van der Waals surface area contributed by atoms with E-state index in [1.54, 1.807) is 63.8 Å². The number of carbonyl (C=O) groups excluding carboxylic acids is 1. The van der Waals surface area contributed by atoms with Crippen molar-refractivity contribution in [3.05, 3.63) is 83.9 Å². The van der Waals surface area contributed by atoms with Gasteiger partial charge in [0, 0.05) is 6.07 Å². The standard InChI is InChI=1S/C30H34AsO8/c1-34-26-15-12-22(28(17-26)35-2)16-27(30(33)37-4)21-10-13-24(14-11-21)38-20-23(32)18-31-19-29(36-3)39-25-8-6-5-7-9-25/h5-17,23,29,32H,18-20H2,1-4H3. The summed E-state index contributed by atoms with van der Waals surface area (Å²) in [6, 6.07) is 21.9. The third-order valence-corrected chi connectivity index (χ3v) is 8.24. The zero-order valence-corrected chi connectivity index (χ0v) is 24.4. The molecule has 0 fully saturated rings. The molecule has 3 aromatic carbocycles. The van der Waals surface area contributed by atoms with E-state index >= 15 is 0 Å². The number of carbonyl (C=O) groups is 1. The van der Waals surface area contributed by atoms with Gasteiger partial charge in [-0.1, -0.05) is 0 Å². The summed E-state index contributed by atoms with van der Waals surface area (Å²) in [7, 11) is 6.09. The van der Waals surface area contributed by atoms with Crippen molar-refractivity contribution in [3.63, 3.8) is 0 Å². The summed E-state index contributed by atoms with van der Waals surface area (Å²) in [5.41, 5.74) is 1.72. The Labute approximate surface area is 236 Å². The first-order valence-corrected chi connectivity index (χ1v) is 14.9. The van der Waals surface area contributed by atoms with Gasteiger partial charge in [0.15, 0.2) is 0 Å². The van der Waals surface area contributed by atoms with Crippen LogP contribution in [-0.2, 0) is 14.3 Å². The number of aliphatic hydroxyl groups excluding tert-OH is 1. The Morgan fingerprint density at radius 3 is 2.23 bits per heavy atom. The minimum atomic E-state index is -0.605. The molecule has 2 unspecified atom stereocenters. The number of para-hydroxylation sites is 1. The fourth-order valence-electron chi connectivity index (χ4n) is 3.58. The number of hydrogen-bond acceptors (Lipinski definition) is 8. The third kappa shape index (κ3) is 9.36. The summed E-state index contributed by atoms with van der Waals surface area (Å²) in [6.45, 7) is 0.162. The zero-order chi connectivity index (χ0) is 28.0. The molecule has 3 rings (SSSR count). The van der Waals surface area contributed by atoms with Gasteiger partial charge in [-0.15, -0.1) is 0 Å². The number of aliphatic hydroxyl groups is 1. The van der Waals surface area contributed by atoms with Gasteiger partial charge in [0.2, 0.25) is 0 Å². The van der Waals surface area contributed by atoms with Crippen LogP contribution in [0, 0.1) is 0 Å². The summed E-state index contributed by atoms with van der Waals surface area (Å²) in [6.07, 6.45) is 0.761. The summed E-state index contributed by atoms with van der Waals surface area (Å²) in [5, 5.41) is 11.8. The van der Waals surface area contributed by atoms with Gasteiger partial charge >= 0.3 is 195 Å². The van der Waals surface area contributed by atoms with Gasteiger partial charge in [-0.05, 0) is 6.07 Å². The van der Waals surface area contributed by atoms with Crippen LogP contribution in [0.3, 0.4) is 0 Å². The third-order valence-electron chi connectivity index (χ3n) is 5.65. The van der Waals surface area contributed by atoms with Crippen molar-refractivity contribution in [2.75, 3.05) is 35.0 Å². The van der Waals surface area contributed by atoms with E-state index in [4.69, 9.17) is 28.4 Å². The van der Waals surface area contributed by atoms with Crippen LogP contribution in [0.4, 0.5) is 0 Å². The van der Waals surface area contributed by atoms with Gasteiger partial charge in [0.1, 0.15) is 5.75 Å². The first kappa shape index (κ1) is 30.1. The summed E-state index contributed by atoms with van der Waals surface area (Å²) in [5.74, 6) is 2.07. The maximum atomic E-state index is 12.6. The Balaban J connectivity index is 1.56. The molecule has 1 N–H and O–H groups in total. The van der Waals surface area contributed by atoms with Crippen LogP contribution in [0.15, 0.2) is 72.8 Å². The van der Waals surface area contributed by atoms with Crippen LogP contribution in [0.5, 0.6) is 23.0 Å². The first-order chi connectivity index (χ1) is 19.0. The average molecular weight is 598 g/mol. The van der Waals surface area contributed by atoms with Crippen molar-refractivity contribution in [1.29, 1.82) is 0 Å². The molecule has 0 aliphatic heterocycles. The molecule has 39 heavy (non-hydrogen) atoms. The number of esters is 1. The Morgan fingerprint density at radius 1 is 0.872 bits per heavy atom. The first-order valence-electron chi connectivity index (χ1n) is 12.3. The monoisotopic (exact) mass is 597 g/mol. The van der Waals surface area contributed by atoms with E-state index in [9.17, 15) is 9.90 Å². The number of hydrogen-bond donors (Lipinski definition) is 1. The SMILES string of the molecule is COC(=O)C(=Cc1ccc(OC)cc1OC)c1ccc(OCC(O)C[As]CC(OC)Oc2ccccc2)cc1. The molecule has 0 aromatic heterocycles. The predicted octanol–water partition coefficient (Wildman–Crippen LogP) is 4.75. The van der Waals surface area contributed by atoms with Gasteiger partial charge in [0.05, 0.1) is 14.2 Å². The molecule has 1 radical (unpaired) electrons. The zero-order valence-electron chi connectivity index (χ0n) is 22.5. The van der Waals surface area contributed by atoms with Crippen molar-refractivity contribution in [1.82, 2.24) is 0 Å². The fraction of sp³-hybridized carbons (Fsp3) is 0.300. The fourth-order valence-corrected chi connectivity index (χ4v) is 5.65.